The van der Waals surface area contributed by atoms with Crippen LogP contribution in [0.3, 0.4) is 0 Å². The molecule has 7 aromatic rings. The van der Waals surface area contributed by atoms with Gasteiger partial charge in [-0.2, -0.15) is 0 Å². The molecule has 0 aromatic heterocycles. The molecule has 54 heavy (non-hydrogen) atoms. The van der Waals surface area contributed by atoms with Gasteiger partial charge in [-0.05, 0) is 110 Å². The first kappa shape index (κ1) is 32.2. The van der Waals surface area contributed by atoms with Crippen LogP contribution in [0.15, 0.2) is 194 Å². The SMILES string of the molecule is C=CC1=C(/C=C\C)C(C)(C)c2cc(N(c3ccc(-c4ccccc4)cc3)c3cccc4c3-c3ccccc3C43c4ccccc4-c4ccccc43)ccc21. The molecule has 0 atom stereocenters. The van der Waals surface area contributed by atoms with E-state index in [2.05, 4.69) is 208 Å². The molecule has 1 spiro atoms. The van der Waals surface area contributed by atoms with Crippen LogP contribution in [0.1, 0.15) is 54.2 Å². The van der Waals surface area contributed by atoms with Crippen molar-refractivity contribution in [3.8, 4) is 33.4 Å². The molecule has 3 aliphatic rings. The summed E-state index contributed by atoms with van der Waals surface area (Å²) in [6, 6.07) is 60.9. The van der Waals surface area contributed by atoms with Gasteiger partial charge >= 0.3 is 0 Å². The van der Waals surface area contributed by atoms with Gasteiger partial charge in [0.05, 0.1) is 11.1 Å². The average molecular weight is 692 g/mol. The van der Waals surface area contributed by atoms with Crippen molar-refractivity contribution in [2.24, 2.45) is 0 Å². The van der Waals surface area contributed by atoms with E-state index in [-0.39, 0.29) is 5.41 Å². The third-order valence-electron chi connectivity index (χ3n) is 12.2. The summed E-state index contributed by atoms with van der Waals surface area (Å²) in [6.45, 7) is 11.0. The zero-order valence-corrected chi connectivity index (χ0v) is 31.0. The fourth-order valence-electron chi connectivity index (χ4n) is 9.91. The van der Waals surface area contributed by atoms with Crippen LogP contribution in [-0.4, -0.2) is 0 Å². The third kappa shape index (κ3) is 4.33. The van der Waals surface area contributed by atoms with Gasteiger partial charge in [-0.1, -0.05) is 172 Å². The van der Waals surface area contributed by atoms with E-state index in [4.69, 9.17) is 0 Å². The highest BCUT2D eigenvalue weighted by atomic mass is 15.1. The molecule has 7 aromatic carbocycles. The van der Waals surface area contributed by atoms with E-state index in [9.17, 15) is 0 Å². The zero-order chi connectivity index (χ0) is 36.6. The normalized spacial score (nSPS) is 15.2. The molecule has 1 heteroatoms. The summed E-state index contributed by atoms with van der Waals surface area (Å²) in [5, 5.41) is 0. The van der Waals surface area contributed by atoms with E-state index < -0.39 is 5.41 Å². The van der Waals surface area contributed by atoms with E-state index >= 15 is 0 Å². The van der Waals surface area contributed by atoms with Gasteiger partial charge in [0.1, 0.15) is 0 Å². The summed E-state index contributed by atoms with van der Waals surface area (Å²) in [4.78, 5) is 2.49. The first-order valence-corrected chi connectivity index (χ1v) is 19.0. The minimum atomic E-state index is -0.415. The predicted octanol–water partition coefficient (Wildman–Crippen LogP) is 14.0. The second kappa shape index (κ2) is 12.0. The number of hydrogen-bond donors (Lipinski definition) is 0. The van der Waals surface area contributed by atoms with E-state index in [1.165, 1.54) is 83.6 Å². The number of hydrogen-bond acceptors (Lipinski definition) is 1. The van der Waals surface area contributed by atoms with E-state index in [1.807, 2.05) is 6.08 Å². The lowest BCUT2D eigenvalue weighted by molar-refractivity contribution is 0.654. The Hall–Kier alpha value is -6.44. The molecule has 1 nitrogen and oxygen atoms in total. The van der Waals surface area contributed by atoms with Crippen molar-refractivity contribution in [1.29, 1.82) is 0 Å². The maximum atomic E-state index is 4.25. The first-order valence-electron chi connectivity index (χ1n) is 19.0. The van der Waals surface area contributed by atoms with Crippen molar-refractivity contribution in [3.63, 3.8) is 0 Å². The Morgan fingerprint density at radius 3 is 1.70 bits per heavy atom. The Morgan fingerprint density at radius 2 is 1.06 bits per heavy atom. The monoisotopic (exact) mass is 691 g/mol. The summed E-state index contributed by atoms with van der Waals surface area (Å²) in [5.74, 6) is 0. The molecule has 0 unspecified atom stereocenters. The maximum absolute atomic E-state index is 4.25. The van der Waals surface area contributed by atoms with Gasteiger partial charge < -0.3 is 4.90 Å². The van der Waals surface area contributed by atoms with Crippen LogP contribution in [0, 0.1) is 0 Å². The van der Waals surface area contributed by atoms with Gasteiger partial charge in [0.2, 0.25) is 0 Å². The highest BCUT2D eigenvalue weighted by Gasteiger charge is 2.52. The molecule has 0 saturated heterocycles. The van der Waals surface area contributed by atoms with Gasteiger partial charge in [-0.15, -0.1) is 0 Å². The summed E-state index contributed by atoms with van der Waals surface area (Å²) in [5.41, 5.74) is 20.9. The highest BCUT2D eigenvalue weighted by Crippen LogP contribution is 2.64. The third-order valence-corrected chi connectivity index (χ3v) is 12.2. The first-order chi connectivity index (χ1) is 26.5. The molecular formula is C53H41N. The van der Waals surface area contributed by atoms with Gasteiger partial charge in [0, 0.05) is 22.4 Å². The van der Waals surface area contributed by atoms with Crippen LogP contribution in [0.5, 0.6) is 0 Å². The second-order valence-corrected chi connectivity index (χ2v) is 15.2. The number of fused-ring (bicyclic) bond motifs is 11. The van der Waals surface area contributed by atoms with Crippen LogP contribution in [0.25, 0.3) is 39.0 Å². The van der Waals surface area contributed by atoms with Crippen LogP contribution < -0.4 is 4.90 Å². The number of allylic oxidation sites excluding steroid dienone is 5. The Balaban J connectivity index is 1.24. The average Bonchev–Trinajstić information content (AvgIpc) is 3.77. The molecule has 10 rings (SSSR count). The molecule has 0 fully saturated rings. The Morgan fingerprint density at radius 1 is 0.500 bits per heavy atom. The largest absolute Gasteiger partial charge is 0.310 e. The van der Waals surface area contributed by atoms with Crippen LogP contribution in [-0.2, 0) is 10.8 Å². The van der Waals surface area contributed by atoms with Gasteiger partial charge in [-0.25, -0.2) is 0 Å². The van der Waals surface area contributed by atoms with Crippen molar-refractivity contribution < 1.29 is 0 Å². The Kier molecular flexibility index (Phi) is 7.19. The lowest BCUT2D eigenvalue weighted by Crippen LogP contribution is -2.26. The Labute approximate surface area is 318 Å². The molecule has 0 bridgehead atoms. The smallest absolute Gasteiger partial charge is 0.0726 e. The lowest BCUT2D eigenvalue weighted by Gasteiger charge is -2.32. The minimum Gasteiger partial charge on any atom is -0.310 e. The van der Waals surface area contributed by atoms with Crippen molar-refractivity contribution in [1.82, 2.24) is 0 Å². The van der Waals surface area contributed by atoms with Crippen molar-refractivity contribution >= 4 is 22.6 Å². The quantitative estimate of drug-likeness (QED) is 0.168. The summed E-state index contributed by atoms with van der Waals surface area (Å²) < 4.78 is 0. The summed E-state index contributed by atoms with van der Waals surface area (Å²) >= 11 is 0. The molecule has 0 aliphatic heterocycles. The zero-order valence-electron chi connectivity index (χ0n) is 31.0. The molecule has 3 aliphatic carbocycles. The second-order valence-electron chi connectivity index (χ2n) is 15.2. The predicted molar refractivity (Wildman–Crippen MR) is 228 cm³/mol. The van der Waals surface area contributed by atoms with Gasteiger partial charge in [-0.3, -0.25) is 0 Å². The van der Waals surface area contributed by atoms with Crippen LogP contribution >= 0.6 is 0 Å². The molecule has 0 N–H and O–H groups in total. The maximum Gasteiger partial charge on any atom is 0.0726 e. The van der Waals surface area contributed by atoms with Crippen LogP contribution in [0.2, 0.25) is 0 Å². The number of nitrogens with zero attached hydrogens (tertiary/aromatic N) is 1. The van der Waals surface area contributed by atoms with E-state index in [0.717, 1.165) is 11.4 Å². The van der Waals surface area contributed by atoms with E-state index in [0.29, 0.717) is 0 Å². The number of benzene rings is 7. The minimum absolute atomic E-state index is 0.184. The summed E-state index contributed by atoms with van der Waals surface area (Å²) in [6.07, 6.45) is 6.43. The molecule has 0 radical (unpaired) electrons. The standard InChI is InChI=1S/C53H41N/c1-5-17-44-39(6-2)42-33-32-38(34-49(42)52(44,3)4)54(37-30-28-36(29-31-37)35-18-8-7-9-19-35)50-27-16-26-48-51(50)43-22-12-15-25-47(43)53(48)45-23-13-10-20-40(45)41-21-11-14-24-46(41)53/h5-34H,2H2,1,3-4H3/b17-5-. The molecule has 0 heterocycles. The Bertz CT molecular complexity index is 2660. The fraction of sp³-hybridized carbons (Fsp3) is 0.0943. The summed E-state index contributed by atoms with van der Waals surface area (Å²) in [7, 11) is 0. The number of anilines is 3. The van der Waals surface area contributed by atoms with Gasteiger partial charge in [0.25, 0.3) is 0 Å². The van der Waals surface area contributed by atoms with Crippen LogP contribution in [0.4, 0.5) is 17.1 Å². The molecule has 0 saturated carbocycles. The topological polar surface area (TPSA) is 3.24 Å². The number of rotatable bonds is 6. The van der Waals surface area contributed by atoms with Crippen molar-refractivity contribution in [2.45, 2.75) is 31.6 Å². The lowest BCUT2D eigenvalue weighted by atomic mass is 9.70. The highest BCUT2D eigenvalue weighted by molar-refractivity contribution is 6.01. The molecule has 258 valence electrons. The molecular weight excluding hydrogens is 651 g/mol. The van der Waals surface area contributed by atoms with Crippen molar-refractivity contribution in [3.05, 3.63) is 228 Å². The fourth-order valence-corrected chi connectivity index (χ4v) is 9.91. The van der Waals surface area contributed by atoms with Crippen molar-refractivity contribution in [2.75, 3.05) is 4.90 Å². The van der Waals surface area contributed by atoms with Gasteiger partial charge in [0.15, 0.2) is 0 Å². The van der Waals surface area contributed by atoms with E-state index in [1.54, 1.807) is 0 Å². The molecule has 0 amide bonds.